The minimum atomic E-state index is -1.75. The summed E-state index contributed by atoms with van der Waals surface area (Å²) in [5.74, 6) is -0.356. The Balaban J connectivity index is 2.84. The van der Waals surface area contributed by atoms with Crippen LogP contribution in [0.3, 0.4) is 0 Å². The van der Waals surface area contributed by atoms with Crippen LogP contribution in [0.2, 0.25) is 0 Å². The summed E-state index contributed by atoms with van der Waals surface area (Å²) in [7, 11) is 1.15. The van der Waals surface area contributed by atoms with Crippen LogP contribution < -0.4 is 4.74 Å². The van der Waals surface area contributed by atoms with Gasteiger partial charge < -0.3 is 9.47 Å². The Bertz CT molecular complexity index is 338. The maximum Gasteiger partial charge on any atom is 0.345 e. The highest BCUT2D eigenvalue weighted by Crippen LogP contribution is 2.23. The molecule has 0 fully saturated rings. The number of carbonyl (C=O) groups excluding carboxylic acids is 1. The molecule has 0 bridgehead atoms. The third kappa shape index (κ3) is 2.94. The Hall–Kier alpha value is -1.58. The third-order valence-electron chi connectivity index (χ3n) is 1.87. The van der Waals surface area contributed by atoms with Gasteiger partial charge in [-0.3, -0.25) is 0 Å². The van der Waals surface area contributed by atoms with Crippen molar-refractivity contribution in [2.45, 2.75) is 13.1 Å². The van der Waals surface area contributed by atoms with Crippen molar-refractivity contribution in [3.05, 3.63) is 29.8 Å². The molecule has 0 aliphatic rings. The topological polar surface area (TPSA) is 35.5 Å². The van der Waals surface area contributed by atoms with E-state index in [9.17, 15) is 9.18 Å². The van der Waals surface area contributed by atoms with Crippen LogP contribution >= 0.6 is 0 Å². The van der Waals surface area contributed by atoms with E-state index in [4.69, 9.17) is 4.74 Å². The van der Waals surface area contributed by atoms with Gasteiger partial charge in [0.2, 0.25) is 6.17 Å². The molecular formula is C11H13FO3. The molecule has 0 aliphatic heterocycles. The van der Waals surface area contributed by atoms with Crippen molar-refractivity contribution in [3.63, 3.8) is 0 Å². The number of alkyl halides is 1. The highest BCUT2D eigenvalue weighted by Gasteiger charge is 2.20. The van der Waals surface area contributed by atoms with Gasteiger partial charge in [-0.1, -0.05) is 12.1 Å². The van der Waals surface area contributed by atoms with Gasteiger partial charge >= 0.3 is 5.97 Å². The first kappa shape index (κ1) is 11.5. The Kier molecular flexibility index (Phi) is 4.09. The second-order valence-electron chi connectivity index (χ2n) is 2.89. The van der Waals surface area contributed by atoms with E-state index < -0.39 is 12.1 Å². The van der Waals surface area contributed by atoms with Crippen molar-refractivity contribution in [1.29, 1.82) is 0 Å². The van der Waals surface area contributed by atoms with Crippen LogP contribution in [-0.4, -0.2) is 19.7 Å². The molecule has 0 spiro atoms. The van der Waals surface area contributed by atoms with Gasteiger partial charge in [-0.15, -0.1) is 0 Å². The summed E-state index contributed by atoms with van der Waals surface area (Å²) in [5, 5.41) is 0. The van der Waals surface area contributed by atoms with Crippen molar-refractivity contribution >= 4 is 5.97 Å². The van der Waals surface area contributed by atoms with Crippen molar-refractivity contribution in [2.75, 3.05) is 13.7 Å². The summed E-state index contributed by atoms with van der Waals surface area (Å²) in [5.41, 5.74) is 0.243. The van der Waals surface area contributed by atoms with Crippen LogP contribution in [-0.2, 0) is 9.53 Å². The molecule has 0 saturated carbocycles. The zero-order valence-corrected chi connectivity index (χ0v) is 8.70. The van der Waals surface area contributed by atoms with Crippen molar-refractivity contribution < 1.29 is 18.7 Å². The molecule has 0 aromatic heterocycles. The predicted octanol–water partition coefficient (Wildman–Crippen LogP) is 2.27. The number of ether oxygens (including phenoxy) is 2. The molecule has 0 radical (unpaired) electrons. The van der Waals surface area contributed by atoms with E-state index in [0.29, 0.717) is 12.4 Å². The fourth-order valence-electron chi connectivity index (χ4n) is 1.17. The van der Waals surface area contributed by atoms with E-state index in [2.05, 4.69) is 4.74 Å². The molecule has 0 aliphatic carbocycles. The van der Waals surface area contributed by atoms with Gasteiger partial charge in [0.1, 0.15) is 5.75 Å². The lowest BCUT2D eigenvalue weighted by atomic mass is 10.1. The van der Waals surface area contributed by atoms with Crippen molar-refractivity contribution in [1.82, 2.24) is 0 Å². The summed E-state index contributed by atoms with van der Waals surface area (Å²) < 4.78 is 22.9. The van der Waals surface area contributed by atoms with Gasteiger partial charge in [0.05, 0.1) is 13.7 Å². The van der Waals surface area contributed by atoms with Gasteiger partial charge in [0.25, 0.3) is 0 Å². The van der Waals surface area contributed by atoms with E-state index >= 15 is 0 Å². The van der Waals surface area contributed by atoms with E-state index in [-0.39, 0.29) is 5.56 Å². The van der Waals surface area contributed by atoms with Gasteiger partial charge in [0.15, 0.2) is 0 Å². The molecule has 1 aromatic carbocycles. The van der Waals surface area contributed by atoms with Crippen LogP contribution in [0.15, 0.2) is 24.3 Å². The molecule has 1 aromatic rings. The Morgan fingerprint density at radius 1 is 1.53 bits per heavy atom. The standard InChI is InChI=1S/C11H13FO3/c1-3-15-9-6-4-5-8(7-9)10(12)11(13)14-2/h4-7,10H,3H2,1-2H3. The summed E-state index contributed by atoms with van der Waals surface area (Å²) in [6, 6.07) is 6.35. The van der Waals surface area contributed by atoms with Crippen LogP contribution in [0, 0.1) is 0 Å². The van der Waals surface area contributed by atoms with Gasteiger partial charge in [0, 0.05) is 5.56 Å². The van der Waals surface area contributed by atoms with Gasteiger partial charge in [-0.05, 0) is 19.1 Å². The number of benzene rings is 1. The summed E-state index contributed by atoms with van der Waals surface area (Å²) in [4.78, 5) is 10.9. The van der Waals surface area contributed by atoms with E-state index in [1.807, 2.05) is 6.92 Å². The smallest absolute Gasteiger partial charge is 0.345 e. The first-order chi connectivity index (χ1) is 7.19. The number of hydrogen-bond donors (Lipinski definition) is 0. The van der Waals surface area contributed by atoms with Crippen LogP contribution in [0.5, 0.6) is 5.75 Å². The zero-order chi connectivity index (χ0) is 11.3. The predicted molar refractivity (Wildman–Crippen MR) is 53.5 cm³/mol. The number of halogens is 1. The van der Waals surface area contributed by atoms with E-state index in [1.165, 1.54) is 12.1 Å². The molecule has 4 heteroatoms. The molecular weight excluding hydrogens is 199 g/mol. The lowest BCUT2D eigenvalue weighted by Crippen LogP contribution is -2.09. The molecule has 0 N–H and O–H groups in total. The zero-order valence-electron chi connectivity index (χ0n) is 8.70. The third-order valence-corrected chi connectivity index (χ3v) is 1.87. The minimum Gasteiger partial charge on any atom is -0.494 e. The SMILES string of the molecule is CCOc1cccc(C(F)C(=O)OC)c1. The van der Waals surface area contributed by atoms with E-state index in [0.717, 1.165) is 7.11 Å². The number of methoxy groups -OCH3 is 1. The molecule has 3 nitrogen and oxygen atoms in total. The molecule has 0 saturated heterocycles. The van der Waals surface area contributed by atoms with Gasteiger partial charge in [-0.25, -0.2) is 9.18 Å². The highest BCUT2D eigenvalue weighted by atomic mass is 19.1. The lowest BCUT2D eigenvalue weighted by Gasteiger charge is -2.08. The van der Waals surface area contributed by atoms with Gasteiger partial charge in [-0.2, -0.15) is 0 Å². The molecule has 0 amide bonds. The Morgan fingerprint density at radius 3 is 2.87 bits per heavy atom. The molecule has 1 rings (SSSR count). The average molecular weight is 212 g/mol. The quantitative estimate of drug-likeness (QED) is 0.718. The number of esters is 1. The summed E-state index contributed by atoms with van der Waals surface area (Å²) >= 11 is 0. The minimum absolute atomic E-state index is 0.243. The maximum atomic E-state index is 13.4. The van der Waals surface area contributed by atoms with Crippen LogP contribution in [0.1, 0.15) is 18.7 Å². The number of carbonyl (C=O) groups is 1. The number of rotatable bonds is 4. The molecule has 15 heavy (non-hydrogen) atoms. The fraction of sp³-hybridized carbons (Fsp3) is 0.364. The molecule has 0 heterocycles. The van der Waals surface area contributed by atoms with Crippen LogP contribution in [0.4, 0.5) is 4.39 Å². The fourth-order valence-corrected chi connectivity index (χ4v) is 1.17. The molecule has 1 unspecified atom stereocenters. The second kappa shape index (κ2) is 5.34. The van der Waals surface area contributed by atoms with Crippen molar-refractivity contribution in [3.8, 4) is 5.75 Å². The van der Waals surface area contributed by atoms with Crippen molar-refractivity contribution in [2.24, 2.45) is 0 Å². The first-order valence-corrected chi connectivity index (χ1v) is 4.63. The molecule has 82 valence electrons. The van der Waals surface area contributed by atoms with Crippen LogP contribution in [0.25, 0.3) is 0 Å². The lowest BCUT2D eigenvalue weighted by molar-refractivity contribution is -0.146. The largest absolute Gasteiger partial charge is 0.494 e. The highest BCUT2D eigenvalue weighted by molar-refractivity contribution is 5.76. The Morgan fingerprint density at radius 2 is 2.27 bits per heavy atom. The second-order valence-corrected chi connectivity index (χ2v) is 2.89. The Labute approximate surface area is 87.8 Å². The van der Waals surface area contributed by atoms with E-state index in [1.54, 1.807) is 12.1 Å². The summed E-state index contributed by atoms with van der Waals surface area (Å²) in [6.45, 7) is 2.33. The first-order valence-electron chi connectivity index (χ1n) is 4.63. The monoisotopic (exact) mass is 212 g/mol. The normalized spacial score (nSPS) is 11.9. The maximum absolute atomic E-state index is 13.4. The molecule has 1 atom stereocenters. The average Bonchev–Trinajstić information content (AvgIpc) is 2.28. The number of hydrogen-bond acceptors (Lipinski definition) is 3. The summed E-state index contributed by atoms with van der Waals surface area (Å²) in [6.07, 6.45) is -1.75.